The van der Waals surface area contributed by atoms with Gasteiger partial charge in [-0.25, -0.2) is 8.42 Å². The van der Waals surface area contributed by atoms with Gasteiger partial charge in [0.1, 0.15) is 0 Å². The third-order valence-corrected chi connectivity index (χ3v) is 5.36. The summed E-state index contributed by atoms with van der Waals surface area (Å²) < 4.78 is 24.6. The first-order chi connectivity index (χ1) is 8.14. The van der Waals surface area contributed by atoms with Crippen molar-refractivity contribution in [3.63, 3.8) is 0 Å². The third kappa shape index (κ3) is 2.64. The number of thioether (sulfide) groups is 1. The van der Waals surface area contributed by atoms with Gasteiger partial charge in [0.05, 0.1) is 4.90 Å². The van der Waals surface area contributed by atoms with Crippen LogP contribution in [0, 0.1) is 0 Å². The molecule has 0 N–H and O–H groups in total. The summed E-state index contributed by atoms with van der Waals surface area (Å²) >= 11 is 1.60. The molecule has 2 nitrogen and oxygen atoms in total. The summed E-state index contributed by atoms with van der Waals surface area (Å²) in [6, 6.07) is 7.05. The summed E-state index contributed by atoms with van der Waals surface area (Å²) in [5.74, 6) is 0. The average Bonchev–Trinajstić information content (AvgIpc) is 2.40. The summed E-state index contributed by atoms with van der Waals surface area (Å²) in [4.78, 5) is 1.97. The van der Waals surface area contributed by atoms with Crippen molar-refractivity contribution in [2.75, 3.05) is 6.26 Å². The zero-order valence-corrected chi connectivity index (χ0v) is 11.2. The van der Waals surface area contributed by atoms with Crippen molar-refractivity contribution < 1.29 is 8.42 Å². The topological polar surface area (TPSA) is 34.1 Å². The van der Waals surface area contributed by atoms with Gasteiger partial charge in [-0.1, -0.05) is 12.2 Å². The molecule has 0 amide bonds. The van der Waals surface area contributed by atoms with Gasteiger partial charge in [-0.3, -0.25) is 0 Å². The minimum absolute atomic E-state index is 0.386. The van der Waals surface area contributed by atoms with E-state index in [1.807, 2.05) is 30.5 Å². The highest BCUT2D eigenvalue weighted by atomic mass is 32.2. The molecule has 0 saturated heterocycles. The monoisotopic (exact) mass is 266 g/mol. The first-order valence-corrected chi connectivity index (χ1v) is 8.10. The molecule has 4 heteroatoms. The molecule has 0 radical (unpaired) electrons. The smallest absolute Gasteiger partial charge is 0.202 e. The molecule has 0 atom stereocenters. The van der Waals surface area contributed by atoms with E-state index in [0.717, 1.165) is 11.3 Å². The highest BCUT2D eigenvalue weighted by Gasteiger charge is 2.20. The summed E-state index contributed by atoms with van der Waals surface area (Å²) in [6.07, 6.45) is 8.86. The van der Waals surface area contributed by atoms with E-state index in [4.69, 9.17) is 0 Å². The molecule has 90 valence electrons. The number of benzene rings is 1. The van der Waals surface area contributed by atoms with Crippen LogP contribution in [0.3, 0.4) is 0 Å². The molecule has 0 heterocycles. The highest BCUT2D eigenvalue weighted by molar-refractivity contribution is 7.98. The van der Waals surface area contributed by atoms with Crippen molar-refractivity contribution in [3.8, 4) is 0 Å². The van der Waals surface area contributed by atoms with Crippen molar-refractivity contribution in [1.29, 1.82) is 0 Å². The molecule has 0 bridgehead atoms. The minimum Gasteiger partial charge on any atom is -0.219 e. The Labute approximate surface area is 106 Å². The predicted octanol–water partition coefficient (Wildman–Crippen LogP) is 3.42. The molecule has 0 fully saturated rings. The molecule has 1 aliphatic rings. The molecule has 1 aromatic rings. The van der Waals surface area contributed by atoms with Crippen LogP contribution in [0.5, 0.6) is 0 Å². The van der Waals surface area contributed by atoms with Crippen molar-refractivity contribution >= 4 is 21.6 Å². The van der Waals surface area contributed by atoms with Crippen molar-refractivity contribution in [2.45, 2.75) is 22.6 Å². The van der Waals surface area contributed by atoms with Crippen LogP contribution in [0.25, 0.3) is 0 Å². The summed E-state index contributed by atoms with van der Waals surface area (Å²) in [5, 5.41) is 0. The molecule has 17 heavy (non-hydrogen) atoms. The zero-order valence-electron chi connectivity index (χ0n) is 9.59. The number of sulfone groups is 1. The Morgan fingerprint density at radius 1 is 1.18 bits per heavy atom. The number of hydrogen-bond donors (Lipinski definition) is 0. The molecule has 1 aromatic carbocycles. The molecular formula is C13H14O2S2. The Morgan fingerprint density at radius 2 is 1.88 bits per heavy atom. The molecule has 0 saturated carbocycles. The fourth-order valence-electron chi connectivity index (χ4n) is 1.71. The van der Waals surface area contributed by atoms with Gasteiger partial charge in [-0.05, 0) is 49.4 Å². The lowest BCUT2D eigenvalue weighted by Crippen LogP contribution is -2.06. The Bertz CT molecular complexity index is 552. The molecular weight excluding hydrogens is 252 g/mol. The second-order valence-corrected chi connectivity index (χ2v) is 6.66. The van der Waals surface area contributed by atoms with Crippen LogP contribution in [-0.4, -0.2) is 14.7 Å². The fraction of sp³-hybridized carbons (Fsp3) is 0.231. The Balaban J connectivity index is 2.37. The second kappa shape index (κ2) is 5.10. The van der Waals surface area contributed by atoms with Crippen LogP contribution in [0.1, 0.15) is 12.8 Å². The lowest BCUT2D eigenvalue weighted by atomic mass is 10.2. The van der Waals surface area contributed by atoms with Gasteiger partial charge in [0.15, 0.2) is 0 Å². The van der Waals surface area contributed by atoms with Crippen LogP contribution < -0.4 is 0 Å². The van der Waals surface area contributed by atoms with Crippen LogP contribution in [-0.2, 0) is 9.84 Å². The predicted molar refractivity (Wildman–Crippen MR) is 71.9 cm³/mol. The van der Waals surface area contributed by atoms with Gasteiger partial charge >= 0.3 is 0 Å². The number of rotatable bonds is 3. The first-order valence-electron chi connectivity index (χ1n) is 5.39. The van der Waals surface area contributed by atoms with Gasteiger partial charge in [0.2, 0.25) is 9.84 Å². The standard InChI is InChI=1S/C13H14O2S2/c1-16-11-7-9-13(10-8-11)17(14,15)12-5-3-2-4-6-12/h2-3,5,7-10H,4,6H2,1H3. The lowest BCUT2D eigenvalue weighted by Gasteiger charge is -2.10. The van der Waals surface area contributed by atoms with Crippen molar-refractivity contribution in [1.82, 2.24) is 0 Å². The summed E-state index contributed by atoms with van der Waals surface area (Å²) in [7, 11) is -3.29. The lowest BCUT2D eigenvalue weighted by molar-refractivity contribution is 0.600. The molecule has 0 spiro atoms. The van der Waals surface area contributed by atoms with E-state index in [0.29, 0.717) is 16.2 Å². The normalized spacial score (nSPS) is 15.7. The maximum atomic E-state index is 12.3. The zero-order chi connectivity index (χ0) is 12.3. The number of allylic oxidation sites excluding steroid dienone is 4. The first kappa shape index (κ1) is 12.5. The SMILES string of the molecule is CSc1ccc(S(=O)(=O)C2=CC=CCC2)cc1. The summed E-state index contributed by atoms with van der Waals surface area (Å²) in [5.41, 5.74) is 0. The van der Waals surface area contributed by atoms with Crippen LogP contribution in [0.15, 0.2) is 57.2 Å². The van der Waals surface area contributed by atoms with Crippen LogP contribution >= 0.6 is 11.8 Å². The number of hydrogen-bond acceptors (Lipinski definition) is 3. The molecule has 0 aliphatic heterocycles. The quantitative estimate of drug-likeness (QED) is 0.786. The summed E-state index contributed by atoms with van der Waals surface area (Å²) in [6.45, 7) is 0. The van der Waals surface area contributed by atoms with Crippen molar-refractivity contribution in [2.24, 2.45) is 0 Å². The highest BCUT2D eigenvalue weighted by Crippen LogP contribution is 2.26. The van der Waals surface area contributed by atoms with Crippen LogP contribution in [0.4, 0.5) is 0 Å². The molecule has 1 aliphatic carbocycles. The fourth-order valence-corrected chi connectivity index (χ4v) is 3.56. The van der Waals surface area contributed by atoms with E-state index in [2.05, 4.69) is 0 Å². The van der Waals surface area contributed by atoms with Gasteiger partial charge in [0.25, 0.3) is 0 Å². The average molecular weight is 266 g/mol. The van der Waals surface area contributed by atoms with Crippen molar-refractivity contribution in [3.05, 3.63) is 47.4 Å². The maximum absolute atomic E-state index is 12.3. The molecule has 0 aromatic heterocycles. The van der Waals surface area contributed by atoms with E-state index < -0.39 is 9.84 Å². The van der Waals surface area contributed by atoms with Gasteiger partial charge in [-0.2, -0.15) is 0 Å². The van der Waals surface area contributed by atoms with E-state index in [1.165, 1.54) is 0 Å². The van der Waals surface area contributed by atoms with E-state index >= 15 is 0 Å². The Hall–Kier alpha value is -1.00. The molecule has 2 rings (SSSR count). The van der Waals surface area contributed by atoms with E-state index in [1.54, 1.807) is 30.0 Å². The van der Waals surface area contributed by atoms with Gasteiger partial charge < -0.3 is 0 Å². The van der Waals surface area contributed by atoms with E-state index in [-0.39, 0.29) is 0 Å². The Kier molecular flexibility index (Phi) is 3.74. The largest absolute Gasteiger partial charge is 0.219 e. The Morgan fingerprint density at radius 3 is 2.41 bits per heavy atom. The maximum Gasteiger partial charge on any atom is 0.202 e. The minimum atomic E-state index is -3.29. The van der Waals surface area contributed by atoms with Gasteiger partial charge in [-0.15, -0.1) is 11.8 Å². The second-order valence-electron chi connectivity index (χ2n) is 3.78. The van der Waals surface area contributed by atoms with Gasteiger partial charge in [0, 0.05) is 9.80 Å². The molecule has 0 unspecified atom stereocenters. The van der Waals surface area contributed by atoms with E-state index in [9.17, 15) is 8.42 Å². The third-order valence-electron chi connectivity index (χ3n) is 2.69. The van der Waals surface area contributed by atoms with Crippen LogP contribution in [0.2, 0.25) is 0 Å².